The predicted molar refractivity (Wildman–Crippen MR) is 69.4 cm³/mol. The molecule has 0 aliphatic heterocycles. The molecule has 0 spiro atoms. The molecular weight excluding hydrogens is 257 g/mol. The van der Waals surface area contributed by atoms with E-state index in [9.17, 15) is 0 Å². The molecule has 0 aliphatic rings. The standard InChI is InChI=1S/C12H11Cl2N3/c1-7(2)10-5-8(3-4-15-10)11-9(13)6-16-12(14)17-11/h3-7H,1-2H3. The van der Waals surface area contributed by atoms with Crippen molar-refractivity contribution >= 4 is 23.2 Å². The summed E-state index contributed by atoms with van der Waals surface area (Å²) in [4.78, 5) is 12.3. The van der Waals surface area contributed by atoms with Crippen molar-refractivity contribution in [2.45, 2.75) is 19.8 Å². The normalized spacial score (nSPS) is 10.9. The Morgan fingerprint density at radius 1 is 1.18 bits per heavy atom. The van der Waals surface area contributed by atoms with Gasteiger partial charge in [0.1, 0.15) is 0 Å². The highest BCUT2D eigenvalue weighted by Crippen LogP contribution is 2.27. The third-order valence-electron chi connectivity index (χ3n) is 2.36. The van der Waals surface area contributed by atoms with Gasteiger partial charge in [0.15, 0.2) is 0 Å². The van der Waals surface area contributed by atoms with Gasteiger partial charge in [0.05, 0.1) is 16.9 Å². The number of pyridine rings is 1. The summed E-state index contributed by atoms with van der Waals surface area (Å²) in [7, 11) is 0. The zero-order valence-electron chi connectivity index (χ0n) is 9.48. The molecule has 2 heterocycles. The van der Waals surface area contributed by atoms with Crippen LogP contribution in [0.1, 0.15) is 25.5 Å². The Morgan fingerprint density at radius 2 is 1.94 bits per heavy atom. The average molecular weight is 268 g/mol. The molecule has 3 nitrogen and oxygen atoms in total. The van der Waals surface area contributed by atoms with E-state index in [1.54, 1.807) is 6.20 Å². The van der Waals surface area contributed by atoms with E-state index in [2.05, 4.69) is 28.8 Å². The minimum Gasteiger partial charge on any atom is -0.261 e. The predicted octanol–water partition coefficient (Wildman–Crippen LogP) is 3.97. The Bertz CT molecular complexity index is 541. The van der Waals surface area contributed by atoms with E-state index >= 15 is 0 Å². The first-order chi connectivity index (χ1) is 8.08. The third-order valence-corrected chi connectivity index (χ3v) is 2.82. The lowest BCUT2D eigenvalue weighted by molar-refractivity contribution is 0.823. The average Bonchev–Trinajstić information content (AvgIpc) is 2.32. The maximum absolute atomic E-state index is 6.06. The summed E-state index contributed by atoms with van der Waals surface area (Å²) in [5.41, 5.74) is 2.53. The second kappa shape index (κ2) is 4.98. The monoisotopic (exact) mass is 267 g/mol. The lowest BCUT2D eigenvalue weighted by atomic mass is 10.1. The van der Waals surface area contributed by atoms with Gasteiger partial charge in [-0.2, -0.15) is 0 Å². The Balaban J connectivity index is 2.52. The van der Waals surface area contributed by atoms with Gasteiger partial charge >= 0.3 is 0 Å². The van der Waals surface area contributed by atoms with Crippen LogP contribution in [0.4, 0.5) is 0 Å². The van der Waals surface area contributed by atoms with Crippen molar-refractivity contribution in [2.24, 2.45) is 0 Å². The lowest BCUT2D eigenvalue weighted by Crippen LogP contribution is -1.94. The van der Waals surface area contributed by atoms with Crippen LogP contribution in [0.25, 0.3) is 11.3 Å². The van der Waals surface area contributed by atoms with Gasteiger partial charge in [-0.1, -0.05) is 25.4 Å². The van der Waals surface area contributed by atoms with Gasteiger partial charge in [0.25, 0.3) is 0 Å². The van der Waals surface area contributed by atoms with Crippen molar-refractivity contribution in [3.8, 4) is 11.3 Å². The molecule has 0 aliphatic carbocycles. The minimum absolute atomic E-state index is 0.187. The lowest BCUT2D eigenvalue weighted by Gasteiger charge is -2.07. The van der Waals surface area contributed by atoms with Gasteiger partial charge in [-0.25, -0.2) is 9.97 Å². The van der Waals surface area contributed by atoms with Crippen molar-refractivity contribution in [3.05, 3.63) is 40.5 Å². The molecule has 0 radical (unpaired) electrons. The molecule has 0 fully saturated rings. The first-order valence-electron chi connectivity index (χ1n) is 5.22. The summed E-state index contributed by atoms with van der Waals surface area (Å²) in [5.74, 6) is 0.353. The topological polar surface area (TPSA) is 38.7 Å². The zero-order chi connectivity index (χ0) is 12.4. The largest absolute Gasteiger partial charge is 0.261 e. The van der Waals surface area contributed by atoms with Crippen LogP contribution in [0.5, 0.6) is 0 Å². The van der Waals surface area contributed by atoms with E-state index in [0.29, 0.717) is 16.6 Å². The molecule has 5 heteroatoms. The summed E-state index contributed by atoms with van der Waals surface area (Å²) in [6, 6.07) is 3.83. The summed E-state index contributed by atoms with van der Waals surface area (Å²) < 4.78 is 0. The molecule has 2 aromatic heterocycles. The minimum atomic E-state index is 0.187. The van der Waals surface area contributed by atoms with Crippen LogP contribution in [-0.2, 0) is 0 Å². The molecule has 0 N–H and O–H groups in total. The molecule has 0 aromatic carbocycles. The summed E-state index contributed by atoms with van der Waals surface area (Å²) >= 11 is 11.8. The molecular formula is C12H11Cl2N3. The quantitative estimate of drug-likeness (QED) is 0.773. The Morgan fingerprint density at radius 3 is 2.65 bits per heavy atom. The second-order valence-corrected chi connectivity index (χ2v) is 4.70. The van der Waals surface area contributed by atoms with Crippen LogP contribution in [-0.4, -0.2) is 15.0 Å². The molecule has 0 unspecified atom stereocenters. The Kier molecular flexibility index (Phi) is 3.60. The van der Waals surface area contributed by atoms with E-state index in [-0.39, 0.29) is 5.28 Å². The van der Waals surface area contributed by atoms with Crippen LogP contribution in [0.15, 0.2) is 24.5 Å². The van der Waals surface area contributed by atoms with Gasteiger partial charge in [-0.05, 0) is 29.7 Å². The number of rotatable bonds is 2. The Hall–Kier alpha value is -1.19. The molecule has 2 rings (SSSR count). The molecule has 17 heavy (non-hydrogen) atoms. The number of hydrogen-bond donors (Lipinski definition) is 0. The van der Waals surface area contributed by atoms with Crippen molar-refractivity contribution < 1.29 is 0 Å². The number of aromatic nitrogens is 3. The highest BCUT2D eigenvalue weighted by molar-refractivity contribution is 6.33. The van der Waals surface area contributed by atoms with Crippen LogP contribution in [0.3, 0.4) is 0 Å². The van der Waals surface area contributed by atoms with Gasteiger partial charge in [0, 0.05) is 17.5 Å². The molecule has 2 aromatic rings. The molecule has 88 valence electrons. The number of halogens is 2. The van der Waals surface area contributed by atoms with Gasteiger partial charge < -0.3 is 0 Å². The zero-order valence-corrected chi connectivity index (χ0v) is 11.0. The van der Waals surface area contributed by atoms with Crippen LogP contribution < -0.4 is 0 Å². The fraction of sp³-hybridized carbons (Fsp3) is 0.250. The van der Waals surface area contributed by atoms with Gasteiger partial charge in [-0.3, -0.25) is 4.98 Å². The fourth-order valence-electron chi connectivity index (χ4n) is 1.46. The Labute approximate surface area is 110 Å². The van der Waals surface area contributed by atoms with Crippen LogP contribution in [0, 0.1) is 0 Å². The van der Waals surface area contributed by atoms with Crippen molar-refractivity contribution in [2.75, 3.05) is 0 Å². The first kappa shape index (κ1) is 12.3. The van der Waals surface area contributed by atoms with Crippen molar-refractivity contribution in [1.82, 2.24) is 15.0 Å². The summed E-state index contributed by atoms with van der Waals surface area (Å²) in [5, 5.41) is 0.669. The summed E-state index contributed by atoms with van der Waals surface area (Å²) in [6.07, 6.45) is 3.25. The maximum atomic E-state index is 6.06. The van der Waals surface area contributed by atoms with Gasteiger partial charge in [0.2, 0.25) is 5.28 Å². The van der Waals surface area contributed by atoms with E-state index in [0.717, 1.165) is 11.3 Å². The number of hydrogen-bond acceptors (Lipinski definition) is 3. The van der Waals surface area contributed by atoms with Gasteiger partial charge in [-0.15, -0.1) is 0 Å². The highest BCUT2D eigenvalue weighted by Gasteiger charge is 2.09. The van der Waals surface area contributed by atoms with E-state index in [4.69, 9.17) is 23.2 Å². The fourth-order valence-corrected chi connectivity index (χ4v) is 1.79. The third kappa shape index (κ3) is 2.73. The van der Waals surface area contributed by atoms with E-state index < -0.39 is 0 Å². The van der Waals surface area contributed by atoms with E-state index in [1.165, 1.54) is 6.20 Å². The first-order valence-corrected chi connectivity index (χ1v) is 5.98. The molecule has 0 atom stereocenters. The van der Waals surface area contributed by atoms with Crippen molar-refractivity contribution in [1.29, 1.82) is 0 Å². The maximum Gasteiger partial charge on any atom is 0.222 e. The smallest absolute Gasteiger partial charge is 0.222 e. The molecule has 0 amide bonds. The second-order valence-electron chi connectivity index (χ2n) is 3.96. The van der Waals surface area contributed by atoms with Crippen LogP contribution >= 0.6 is 23.2 Å². The SMILES string of the molecule is CC(C)c1cc(-c2nc(Cl)ncc2Cl)ccn1. The summed E-state index contributed by atoms with van der Waals surface area (Å²) in [6.45, 7) is 4.17. The highest BCUT2D eigenvalue weighted by atomic mass is 35.5. The van der Waals surface area contributed by atoms with Crippen molar-refractivity contribution in [3.63, 3.8) is 0 Å². The number of nitrogens with zero attached hydrogens (tertiary/aromatic N) is 3. The van der Waals surface area contributed by atoms with E-state index in [1.807, 2.05) is 12.1 Å². The molecule has 0 bridgehead atoms. The van der Waals surface area contributed by atoms with Crippen LogP contribution in [0.2, 0.25) is 10.3 Å². The molecule has 0 saturated heterocycles. The molecule has 0 saturated carbocycles.